The Kier molecular flexibility index (Phi) is 6.29. The SMILES string of the molecule is O=c1c(-c2ccc(C3=CCN=C3)cc2)cc2cnc(Nc3ccc(C4CCNCC4)cc3)nc2n1CC1CC1. The number of rotatable bonds is 7. The van der Waals surface area contributed by atoms with E-state index in [1.807, 2.05) is 35.2 Å². The summed E-state index contributed by atoms with van der Waals surface area (Å²) in [7, 11) is 0. The zero-order chi connectivity index (χ0) is 26.2. The van der Waals surface area contributed by atoms with Crippen molar-refractivity contribution in [3.8, 4) is 11.1 Å². The summed E-state index contributed by atoms with van der Waals surface area (Å²) in [5.74, 6) is 1.66. The normalized spacial score (nSPS) is 17.5. The molecule has 3 aliphatic rings. The lowest BCUT2D eigenvalue weighted by Crippen LogP contribution is -2.26. The minimum atomic E-state index is -0.000214. The number of aliphatic imine (C=N–C) groups is 1. The molecular weight excluding hydrogens is 484 g/mol. The fourth-order valence-electron chi connectivity index (χ4n) is 5.67. The summed E-state index contributed by atoms with van der Waals surface area (Å²) in [5.41, 5.74) is 6.84. The average molecular weight is 517 g/mol. The molecule has 7 nitrogen and oxygen atoms in total. The Morgan fingerprint density at radius 1 is 0.949 bits per heavy atom. The molecule has 0 unspecified atom stereocenters. The fourth-order valence-corrected chi connectivity index (χ4v) is 5.67. The van der Waals surface area contributed by atoms with Gasteiger partial charge in [-0.2, -0.15) is 4.98 Å². The first-order valence-electron chi connectivity index (χ1n) is 14.0. The van der Waals surface area contributed by atoms with Crippen molar-refractivity contribution in [1.29, 1.82) is 0 Å². The third-order valence-corrected chi connectivity index (χ3v) is 8.12. The molecule has 7 rings (SSSR count). The van der Waals surface area contributed by atoms with Crippen LogP contribution in [0.5, 0.6) is 0 Å². The van der Waals surface area contributed by atoms with Gasteiger partial charge in [0, 0.05) is 35.6 Å². The highest BCUT2D eigenvalue weighted by molar-refractivity contribution is 6.11. The van der Waals surface area contributed by atoms with Crippen molar-refractivity contribution in [2.45, 2.75) is 38.1 Å². The molecule has 2 N–H and O–H groups in total. The largest absolute Gasteiger partial charge is 0.324 e. The second-order valence-electron chi connectivity index (χ2n) is 10.9. The average Bonchev–Trinajstić information content (AvgIpc) is 3.64. The number of nitrogens with one attached hydrogen (secondary N) is 2. The van der Waals surface area contributed by atoms with E-state index in [0.717, 1.165) is 60.2 Å². The maximum atomic E-state index is 13.8. The van der Waals surface area contributed by atoms with E-state index in [0.29, 0.717) is 35.5 Å². The van der Waals surface area contributed by atoms with Crippen LogP contribution in [-0.4, -0.2) is 40.4 Å². The van der Waals surface area contributed by atoms with Crippen LogP contribution in [0.15, 0.2) is 76.7 Å². The Morgan fingerprint density at radius 2 is 1.72 bits per heavy atom. The quantitative estimate of drug-likeness (QED) is 0.337. The number of hydrogen-bond acceptors (Lipinski definition) is 6. The van der Waals surface area contributed by atoms with E-state index in [9.17, 15) is 4.79 Å². The van der Waals surface area contributed by atoms with Gasteiger partial charge in [0.1, 0.15) is 5.65 Å². The predicted molar refractivity (Wildman–Crippen MR) is 158 cm³/mol. The van der Waals surface area contributed by atoms with E-state index < -0.39 is 0 Å². The van der Waals surface area contributed by atoms with E-state index in [-0.39, 0.29) is 5.56 Å². The van der Waals surface area contributed by atoms with Crippen LogP contribution in [-0.2, 0) is 6.54 Å². The van der Waals surface area contributed by atoms with Gasteiger partial charge in [0.15, 0.2) is 0 Å². The van der Waals surface area contributed by atoms with E-state index in [1.165, 1.54) is 18.4 Å². The molecule has 4 aromatic rings. The van der Waals surface area contributed by atoms with Gasteiger partial charge in [-0.3, -0.25) is 14.4 Å². The molecule has 2 aliphatic heterocycles. The van der Waals surface area contributed by atoms with Gasteiger partial charge in [-0.1, -0.05) is 42.5 Å². The molecule has 4 heterocycles. The summed E-state index contributed by atoms with van der Waals surface area (Å²) in [6.45, 7) is 3.58. The molecule has 1 saturated heterocycles. The lowest BCUT2D eigenvalue weighted by atomic mass is 9.90. The summed E-state index contributed by atoms with van der Waals surface area (Å²) >= 11 is 0. The number of fused-ring (bicyclic) bond motifs is 1. The molecule has 0 bridgehead atoms. The van der Waals surface area contributed by atoms with Gasteiger partial charge in [0.25, 0.3) is 5.56 Å². The number of hydrogen-bond donors (Lipinski definition) is 2. The molecule has 0 radical (unpaired) electrons. The number of aromatic nitrogens is 3. The van der Waals surface area contributed by atoms with Crippen molar-refractivity contribution >= 4 is 34.5 Å². The number of nitrogens with zero attached hydrogens (tertiary/aromatic N) is 4. The summed E-state index contributed by atoms with van der Waals surface area (Å²) in [6, 6.07) is 18.7. The van der Waals surface area contributed by atoms with Gasteiger partial charge in [-0.15, -0.1) is 0 Å². The lowest BCUT2D eigenvalue weighted by Gasteiger charge is -2.23. The second-order valence-corrected chi connectivity index (χ2v) is 10.9. The van der Waals surface area contributed by atoms with Crippen molar-refractivity contribution in [1.82, 2.24) is 19.9 Å². The van der Waals surface area contributed by atoms with Crippen LogP contribution in [0.1, 0.15) is 42.7 Å². The zero-order valence-electron chi connectivity index (χ0n) is 21.9. The first kappa shape index (κ1) is 24.0. The maximum Gasteiger partial charge on any atom is 0.260 e. The van der Waals surface area contributed by atoms with Crippen molar-refractivity contribution in [2.24, 2.45) is 10.9 Å². The highest BCUT2D eigenvalue weighted by Crippen LogP contribution is 2.32. The molecule has 39 heavy (non-hydrogen) atoms. The fraction of sp³-hybridized carbons (Fsp3) is 0.312. The first-order chi connectivity index (χ1) is 19.2. The van der Waals surface area contributed by atoms with Crippen molar-refractivity contribution < 1.29 is 0 Å². The van der Waals surface area contributed by atoms with Crippen LogP contribution in [0.25, 0.3) is 27.7 Å². The minimum Gasteiger partial charge on any atom is -0.324 e. The Bertz CT molecular complexity index is 1620. The smallest absolute Gasteiger partial charge is 0.260 e. The molecule has 2 aromatic heterocycles. The third-order valence-electron chi connectivity index (χ3n) is 8.12. The molecule has 0 spiro atoms. The van der Waals surface area contributed by atoms with Crippen LogP contribution in [0.4, 0.5) is 11.6 Å². The van der Waals surface area contributed by atoms with E-state index >= 15 is 0 Å². The molecule has 2 aromatic carbocycles. The molecule has 0 atom stereocenters. The van der Waals surface area contributed by atoms with Gasteiger partial charge in [0.2, 0.25) is 5.95 Å². The number of pyridine rings is 1. The minimum absolute atomic E-state index is 0.000214. The van der Waals surface area contributed by atoms with E-state index in [1.54, 1.807) is 0 Å². The Hall–Kier alpha value is -4.10. The standard InChI is InChI=1S/C32H32N6O/c39-31-29(25-5-3-23(4-6-25)26-13-16-34-18-26)17-27-19-35-32(37-30(27)38(31)20-21-1-2-21)36-28-9-7-22(8-10-28)24-11-14-33-15-12-24/h3-10,13,17-19,21,24,33H,1-2,11-12,14-16,20H2,(H,35,36,37). The summed E-state index contributed by atoms with van der Waals surface area (Å²) in [5, 5.41) is 7.66. The van der Waals surface area contributed by atoms with Gasteiger partial charge in [-0.25, -0.2) is 4.98 Å². The third kappa shape index (κ3) is 5.02. The molecule has 7 heteroatoms. The summed E-state index contributed by atoms with van der Waals surface area (Å²) < 4.78 is 1.86. The van der Waals surface area contributed by atoms with Crippen LogP contribution < -0.4 is 16.2 Å². The topological polar surface area (TPSA) is 84.2 Å². The van der Waals surface area contributed by atoms with Crippen LogP contribution in [0, 0.1) is 5.92 Å². The first-order valence-corrected chi connectivity index (χ1v) is 14.0. The Morgan fingerprint density at radius 3 is 2.44 bits per heavy atom. The molecule has 0 amide bonds. The van der Waals surface area contributed by atoms with Gasteiger partial charge < -0.3 is 10.6 Å². The van der Waals surface area contributed by atoms with Gasteiger partial charge in [0.05, 0.1) is 6.54 Å². The predicted octanol–water partition coefficient (Wildman–Crippen LogP) is 5.55. The highest BCUT2D eigenvalue weighted by Gasteiger charge is 2.25. The molecule has 196 valence electrons. The molecular formula is C32H32N6O. The van der Waals surface area contributed by atoms with E-state index in [4.69, 9.17) is 4.98 Å². The summed E-state index contributed by atoms with van der Waals surface area (Å²) in [4.78, 5) is 27.5. The van der Waals surface area contributed by atoms with Crippen molar-refractivity contribution in [3.63, 3.8) is 0 Å². The monoisotopic (exact) mass is 516 g/mol. The van der Waals surface area contributed by atoms with E-state index in [2.05, 4.69) is 63.1 Å². The van der Waals surface area contributed by atoms with Crippen LogP contribution >= 0.6 is 0 Å². The van der Waals surface area contributed by atoms with Gasteiger partial charge in [-0.05, 0) is 91.1 Å². The van der Waals surface area contributed by atoms with Crippen molar-refractivity contribution in [2.75, 3.05) is 25.0 Å². The van der Waals surface area contributed by atoms with Gasteiger partial charge >= 0.3 is 0 Å². The van der Waals surface area contributed by atoms with Crippen molar-refractivity contribution in [3.05, 3.63) is 88.4 Å². The number of benzene rings is 2. The number of anilines is 2. The second kappa shape index (κ2) is 10.2. The molecule has 1 saturated carbocycles. The Labute approximate surface area is 227 Å². The number of allylic oxidation sites excluding steroid dienone is 1. The van der Waals surface area contributed by atoms with Crippen LogP contribution in [0.3, 0.4) is 0 Å². The highest BCUT2D eigenvalue weighted by atomic mass is 16.1. The molecule has 1 aliphatic carbocycles. The van der Waals surface area contributed by atoms with Crippen LogP contribution in [0.2, 0.25) is 0 Å². The maximum absolute atomic E-state index is 13.8. The number of piperidine rings is 1. The molecule has 2 fully saturated rings. The lowest BCUT2D eigenvalue weighted by molar-refractivity contribution is 0.460. The Balaban J connectivity index is 1.20. The zero-order valence-corrected chi connectivity index (χ0v) is 21.9. The summed E-state index contributed by atoms with van der Waals surface area (Å²) in [6.07, 6.45) is 10.5.